The fourth-order valence-electron chi connectivity index (χ4n) is 1.79. The van der Waals surface area contributed by atoms with E-state index in [2.05, 4.69) is 32.3 Å². The van der Waals surface area contributed by atoms with Gasteiger partial charge >= 0.3 is 0 Å². The Labute approximate surface area is 85.4 Å². The number of hydrogen-bond donors (Lipinski definition) is 2. The van der Waals surface area contributed by atoms with Gasteiger partial charge in [0.1, 0.15) is 11.2 Å². The lowest BCUT2D eigenvalue weighted by Crippen LogP contribution is -2.21. The number of rotatable bonds is 1. The summed E-state index contributed by atoms with van der Waals surface area (Å²) in [6.07, 6.45) is 1.66. The summed E-state index contributed by atoms with van der Waals surface area (Å²) in [5.74, 6) is 0.468. The summed E-state index contributed by atoms with van der Waals surface area (Å²) in [6, 6.07) is 2.10. The smallest absolute Gasteiger partial charge is 0.126 e. The topological polar surface area (TPSA) is 49.8 Å². The molecule has 0 saturated carbocycles. The quantitative estimate of drug-likeness (QED) is 0.727. The van der Waals surface area contributed by atoms with Crippen molar-refractivity contribution in [2.45, 2.75) is 5.92 Å². The number of nitrogens with zero attached hydrogens (tertiary/aromatic N) is 2. The summed E-state index contributed by atoms with van der Waals surface area (Å²) in [5, 5.41) is 3.27. The van der Waals surface area contributed by atoms with Gasteiger partial charge in [-0.2, -0.15) is 0 Å². The summed E-state index contributed by atoms with van der Waals surface area (Å²) >= 11 is 1.67. The zero-order valence-corrected chi connectivity index (χ0v) is 8.34. The van der Waals surface area contributed by atoms with Crippen LogP contribution >= 0.6 is 11.3 Å². The molecule has 1 fully saturated rings. The Balaban J connectivity index is 2.14. The lowest BCUT2D eigenvalue weighted by atomic mass is 10.0. The second-order valence-corrected chi connectivity index (χ2v) is 4.25. The molecule has 1 aliphatic rings. The average molecular weight is 206 g/mol. The van der Waals surface area contributed by atoms with Gasteiger partial charge in [0.05, 0.1) is 5.69 Å². The predicted molar refractivity (Wildman–Crippen MR) is 56.2 cm³/mol. The van der Waals surface area contributed by atoms with Crippen molar-refractivity contribution >= 4 is 21.6 Å². The summed E-state index contributed by atoms with van der Waals surface area (Å²) in [4.78, 5) is 9.70. The standard InChI is InChI=1S/C9H10N4S/c1-2-14-9-7(1)8(10-5-11-9)6-3-12-13-4-6/h1-2,5-6,12-13H,3-4H2. The third-order valence-electron chi connectivity index (χ3n) is 2.50. The van der Waals surface area contributed by atoms with E-state index in [1.165, 1.54) is 5.39 Å². The third kappa shape index (κ3) is 1.21. The SMILES string of the molecule is c1nc(C2CNNC2)c2ccsc2n1. The molecule has 2 aromatic rings. The second kappa shape index (κ2) is 3.27. The highest BCUT2D eigenvalue weighted by Crippen LogP contribution is 2.26. The number of thiophene rings is 1. The first-order valence-electron chi connectivity index (χ1n) is 4.59. The average Bonchev–Trinajstić information content (AvgIpc) is 2.88. The Morgan fingerprint density at radius 2 is 2.14 bits per heavy atom. The van der Waals surface area contributed by atoms with Gasteiger partial charge in [0.2, 0.25) is 0 Å². The minimum absolute atomic E-state index is 0.468. The van der Waals surface area contributed by atoms with Crippen molar-refractivity contribution in [2.24, 2.45) is 0 Å². The molecule has 0 amide bonds. The fraction of sp³-hybridized carbons (Fsp3) is 0.333. The van der Waals surface area contributed by atoms with E-state index < -0.39 is 0 Å². The maximum absolute atomic E-state index is 4.38. The predicted octanol–water partition coefficient (Wildman–Crippen LogP) is 0.883. The van der Waals surface area contributed by atoms with Crippen LogP contribution in [0.4, 0.5) is 0 Å². The maximum Gasteiger partial charge on any atom is 0.126 e. The summed E-state index contributed by atoms with van der Waals surface area (Å²) in [6.45, 7) is 1.89. The first kappa shape index (κ1) is 8.28. The number of hydrogen-bond acceptors (Lipinski definition) is 5. The second-order valence-electron chi connectivity index (χ2n) is 3.36. The Kier molecular flexibility index (Phi) is 1.93. The van der Waals surface area contributed by atoms with Crippen LogP contribution < -0.4 is 10.9 Å². The normalized spacial score (nSPS) is 18.0. The molecule has 2 aromatic heterocycles. The zero-order chi connectivity index (χ0) is 9.38. The van der Waals surface area contributed by atoms with Crippen molar-refractivity contribution in [2.75, 3.05) is 13.1 Å². The molecule has 3 heterocycles. The number of hydrazine groups is 1. The van der Waals surface area contributed by atoms with Crippen LogP contribution in [-0.4, -0.2) is 23.1 Å². The Hall–Kier alpha value is -1.04. The van der Waals surface area contributed by atoms with Gasteiger partial charge in [-0.05, 0) is 11.4 Å². The van der Waals surface area contributed by atoms with Crippen molar-refractivity contribution in [1.29, 1.82) is 0 Å². The van der Waals surface area contributed by atoms with Gasteiger partial charge in [0.15, 0.2) is 0 Å². The van der Waals surface area contributed by atoms with E-state index in [1.807, 2.05) is 0 Å². The summed E-state index contributed by atoms with van der Waals surface area (Å²) < 4.78 is 0. The molecule has 5 heteroatoms. The van der Waals surface area contributed by atoms with E-state index in [-0.39, 0.29) is 0 Å². The molecule has 0 atom stereocenters. The van der Waals surface area contributed by atoms with Crippen LogP contribution in [0.3, 0.4) is 0 Å². The summed E-state index contributed by atoms with van der Waals surface area (Å²) in [5.41, 5.74) is 7.40. The van der Waals surface area contributed by atoms with Crippen LogP contribution in [-0.2, 0) is 0 Å². The molecule has 1 aliphatic heterocycles. The van der Waals surface area contributed by atoms with Crippen LogP contribution in [0.5, 0.6) is 0 Å². The first-order valence-corrected chi connectivity index (χ1v) is 5.47. The number of fused-ring (bicyclic) bond motifs is 1. The molecule has 1 saturated heterocycles. The lowest BCUT2D eigenvalue weighted by molar-refractivity contribution is 0.689. The van der Waals surface area contributed by atoms with Crippen molar-refractivity contribution in [3.63, 3.8) is 0 Å². The molecule has 14 heavy (non-hydrogen) atoms. The Morgan fingerprint density at radius 1 is 1.29 bits per heavy atom. The van der Waals surface area contributed by atoms with Crippen LogP contribution in [0.2, 0.25) is 0 Å². The molecule has 4 nitrogen and oxygen atoms in total. The fourth-order valence-corrected chi connectivity index (χ4v) is 2.53. The maximum atomic E-state index is 4.38. The van der Waals surface area contributed by atoms with Crippen molar-refractivity contribution in [3.05, 3.63) is 23.5 Å². The van der Waals surface area contributed by atoms with Crippen LogP contribution in [0.1, 0.15) is 11.6 Å². The van der Waals surface area contributed by atoms with Gasteiger partial charge in [-0.25, -0.2) is 9.97 Å². The Bertz CT molecular complexity index is 447. The first-order chi connectivity index (χ1) is 6.95. The molecular formula is C9H10N4S. The van der Waals surface area contributed by atoms with E-state index in [4.69, 9.17) is 0 Å². The van der Waals surface area contributed by atoms with Crippen LogP contribution in [0.25, 0.3) is 10.2 Å². The zero-order valence-electron chi connectivity index (χ0n) is 7.53. The van der Waals surface area contributed by atoms with E-state index in [0.717, 1.165) is 23.6 Å². The molecule has 0 aliphatic carbocycles. The highest BCUT2D eigenvalue weighted by Gasteiger charge is 2.20. The number of aromatic nitrogens is 2. The largest absolute Gasteiger partial charge is 0.257 e. The molecular weight excluding hydrogens is 196 g/mol. The van der Waals surface area contributed by atoms with Crippen molar-refractivity contribution in [1.82, 2.24) is 20.8 Å². The molecule has 2 N–H and O–H groups in total. The van der Waals surface area contributed by atoms with Crippen molar-refractivity contribution in [3.8, 4) is 0 Å². The highest BCUT2D eigenvalue weighted by molar-refractivity contribution is 7.16. The highest BCUT2D eigenvalue weighted by atomic mass is 32.1. The van der Waals surface area contributed by atoms with Gasteiger partial charge in [-0.1, -0.05) is 0 Å². The molecule has 3 rings (SSSR count). The van der Waals surface area contributed by atoms with E-state index in [0.29, 0.717) is 5.92 Å². The van der Waals surface area contributed by atoms with Gasteiger partial charge in [0.25, 0.3) is 0 Å². The van der Waals surface area contributed by atoms with Gasteiger partial charge in [-0.15, -0.1) is 11.3 Å². The van der Waals surface area contributed by atoms with Crippen molar-refractivity contribution < 1.29 is 0 Å². The summed E-state index contributed by atoms with van der Waals surface area (Å²) in [7, 11) is 0. The van der Waals surface area contributed by atoms with Crippen LogP contribution in [0.15, 0.2) is 17.8 Å². The molecule has 0 unspecified atom stereocenters. The number of nitrogens with one attached hydrogen (secondary N) is 2. The monoisotopic (exact) mass is 206 g/mol. The minimum Gasteiger partial charge on any atom is -0.257 e. The molecule has 0 radical (unpaired) electrons. The van der Waals surface area contributed by atoms with E-state index in [1.54, 1.807) is 17.7 Å². The minimum atomic E-state index is 0.468. The lowest BCUT2D eigenvalue weighted by Gasteiger charge is -2.06. The van der Waals surface area contributed by atoms with Crippen LogP contribution in [0, 0.1) is 0 Å². The van der Waals surface area contributed by atoms with E-state index >= 15 is 0 Å². The molecule has 0 spiro atoms. The van der Waals surface area contributed by atoms with Gasteiger partial charge < -0.3 is 0 Å². The van der Waals surface area contributed by atoms with Gasteiger partial charge in [-0.3, -0.25) is 10.9 Å². The van der Waals surface area contributed by atoms with Gasteiger partial charge in [0, 0.05) is 24.4 Å². The third-order valence-corrected chi connectivity index (χ3v) is 3.32. The molecule has 72 valence electrons. The Morgan fingerprint density at radius 3 is 3.00 bits per heavy atom. The molecule has 0 aromatic carbocycles. The van der Waals surface area contributed by atoms with E-state index in [9.17, 15) is 0 Å². The molecule has 0 bridgehead atoms.